The van der Waals surface area contributed by atoms with Crippen molar-refractivity contribution in [3.05, 3.63) is 95.6 Å². The highest BCUT2D eigenvalue weighted by molar-refractivity contribution is 7.95. The summed E-state index contributed by atoms with van der Waals surface area (Å²) in [5.41, 5.74) is 2.25. The average molecular weight is 492 g/mol. The lowest BCUT2D eigenvalue weighted by atomic mass is 9.48. The fourth-order valence-corrected chi connectivity index (χ4v) is 6.82. The normalized spacial score (nSPS) is 12.9. The molecule has 35 heavy (non-hydrogen) atoms. The highest BCUT2D eigenvalue weighted by Gasteiger charge is 2.39. The second kappa shape index (κ2) is 14.4. The predicted molar refractivity (Wildman–Crippen MR) is 154 cm³/mol. The van der Waals surface area contributed by atoms with E-state index < -0.39 is 10.0 Å². The van der Waals surface area contributed by atoms with Gasteiger partial charge in [-0.05, 0) is 32.1 Å². The lowest BCUT2D eigenvalue weighted by molar-refractivity contribution is 0.313. The molecule has 0 aliphatic carbocycles. The van der Waals surface area contributed by atoms with Crippen molar-refractivity contribution in [1.82, 2.24) is 9.03 Å². The second-order valence-corrected chi connectivity index (χ2v) is 11.4. The van der Waals surface area contributed by atoms with Crippen LogP contribution in [-0.2, 0) is 22.7 Å². The molecule has 4 nitrogen and oxygen atoms in total. The van der Waals surface area contributed by atoms with E-state index in [0.29, 0.717) is 17.7 Å². The minimum atomic E-state index is -3.79. The summed E-state index contributed by atoms with van der Waals surface area (Å²) >= 11 is 0. The molecule has 0 amide bonds. The molecule has 0 radical (unpaired) electrons. The third kappa shape index (κ3) is 8.43. The highest BCUT2D eigenvalue weighted by atomic mass is 32.2. The SMILES string of the molecule is C=C/C=C(\N(C)C(C)CCCCC)S(=O)(=O)N(B(C)Cc1ccccc1)B(C)Cc1ccccc1. The van der Waals surface area contributed by atoms with E-state index in [9.17, 15) is 8.42 Å². The zero-order chi connectivity index (χ0) is 25.8. The van der Waals surface area contributed by atoms with E-state index in [0.717, 1.165) is 36.8 Å². The first-order chi connectivity index (χ1) is 16.7. The maximum Gasteiger partial charge on any atom is 0.238 e. The van der Waals surface area contributed by atoms with E-state index in [1.165, 1.54) is 0 Å². The average Bonchev–Trinajstić information content (AvgIpc) is 2.83. The molecule has 2 rings (SSSR count). The van der Waals surface area contributed by atoms with Gasteiger partial charge in [-0.1, -0.05) is 124 Å². The Morgan fingerprint density at radius 2 is 1.43 bits per heavy atom. The molecule has 0 bridgehead atoms. The summed E-state index contributed by atoms with van der Waals surface area (Å²) in [5.74, 6) is 0. The first-order valence-corrected chi connectivity index (χ1v) is 14.3. The summed E-state index contributed by atoms with van der Waals surface area (Å²) in [4.78, 5) is 1.92. The Morgan fingerprint density at radius 3 is 1.86 bits per heavy atom. The van der Waals surface area contributed by atoms with Crippen molar-refractivity contribution in [3.63, 3.8) is 0 Å². The molecule has 1 unspecified atom stereocenters. The van der Waals surface area contributed by atoms with E-state index in [1.807, 2.05) is 62.0 Å². The number of hydrogen-bond donors (Lipinski definition) is 0. The second-order valence-electron chi connectivity index (χ2n) is 9.61. The van der Waals surface area contributed by atoms with E-state index in [2.05, 4.69) is 44.7 Å². The van der Waals surface area contributed by atoms with Crippen LogP contribution in [-0.4, -0.2) is 44.2 Å². The molecular formula is C28H42B2N2O2S. The topological polar surface area (TPSA) is 40.6 Å². The van der Waals surface area contributed by atoms with Crippen LogP contribution in [0.2, 0.25) is 13.6 Å². The van der Waals surface area contributed by atoms with E-state index in [4.69, 9.17) is 0 Å². The third-order valence-electron chi connectivity index (χ3n) is 6.65. The maximum absolute atomic E-state index is 14.3. The molecular weight excluding hydrogens is 450 g/mol. The molecule has 188 valence electrons. The van der Waals surface area contributed by atoms with Crippen LogP contribution >= 0.6 is 0 Å². The molecule has 0 aliphatic rings. The summed E-state index contributed by atoms with van der Waals surface area (Å²) < 4.78 is 30.4. The summed E-state index contributed by atoms with van der Waals surface area (Å²) in [7, 11) is -1.90. The molecule has 0 fully saturated rings. The van der Waals surface area contributed by atoms with Gasteiger partial charge in [-0.25, -0.2) is 8.42 Å². The lowest BCUT2D eigenvalue weighted by Gasteiger charge is -2.36. The molecule has 0 saturated heterocycles. The zero-order valence-corrected chi connectivity index (χ0v) is 23.0. The smallest absolute Gasteiger partial charge is 0.238 e. The van der Waals surface area contributed by atoms with Gasteiger partial charge in [-0.15, -0.1) is 0 Å². The molecule has 2 aromatic rings. The van der Waals surface area contributed by atoms with Crippen LogP contribution in [0.15, 0.2) is 84.4 Å². The Morgan fingerprint density at radius 1 is 0.943 bits per heavy atom. The van der Waals surface area contributed by atoms with Crippen LogP contribution in [0.3, 0.4) is 0 Å². The van der Waals surface area contributed by atoms with Crippen LogP contribution in [0, 0.1) is 0 Å². The van der Waals surface area contributed by atoms with Gasteiger partial charge in [-0.2, -0.15) is 0 Å². The third-order valence-corrected chi connectivity index (χ3v) is 8.88. The van der Waals surface area contributed by atoms with Crippen molar-refractivity contribution in [2.24, 2.45) is 0 Å². The van der Waals surface area contributed by atoms with E-state index >= 15 is 0 Å². The Hall–Kier alpha value is -2.24. The summed E-state index contributed by atoms with van der Waals surface area (Å²) in [5, 5.41) is 0.316. The van der Waals surface area contributed by atoms with Crippen molar-refractivity contribution in [1.29, 1.82) is 0 Å². The molecule has 0 aliphatic heterocycles. The largest absolute Gasteiger partial charge is 0.362 e. The Balaban J connectivity index is 2.43. The van der Waals surface area contributed by atoms with Gasteiger partial charge in [0.25, 0.3) is 0 Å². The quantitative estimate of drug-likeness (QED) is 0.165. The Bertz CT molecular complexity index is 982. The molecule has 0 saturated carbocycles. The zero-order valence-electron chi connectivity index (χ0n) is 22.2. The fraction of sp³-hybridized carbons (Fsp3) is 0.429. The summed E-state index contributed by atoms with van der Waals surface area (Å²) in [6, 6.07) is 20.3. The molecule has 7 heteroatoms. The van der Waals surface area contributed by atoms with Crippen molar-refractivity contribution in [2.75, 3.05) is 7.05 Å². The number of rotatable bonds is 15. The number of unbranched alkanes of at least 4 members (excludes halogenated alkanes) is 2. The van der Waals surface area contributed by atoms with Crippen LogP contribution in [0.1, 0.15) is 50.7 Å². The van der Waals surface area contributed by atoms with Crippen molar-refractivity contribution in [2.45, 2.75) is 71.9 Å². The van der Waals surface area contributed by atoms with Crippen molar-refractivity contribution in [3.8, 4) is 0 Å². The van der Waals surface area contributed by atoms with Gasteiger partial charge in [0.1, 0.15) is 5.03 Å². The Kier molecular flexibility index (Phi) is 11.9. The Labute approximate surface area is 215 Å². The number of sulfonamides is 1. The number of hydrogen-bond acceptors (Lipinski definition) is 3. The van der Waals surface area contributed by atoms with Gasteiger partial charge in [0.2, 0.25) is 23.7 Å². The van der Waals surface area contributed by atoms with E-state index in [-0.39, 0.29) is 19.7 Å². The van der Waals surface area contributed by atoms with Gasteiger partial charge in [0, 0.05) is 13.1 Å². The minimum absolute atomic E-state index is 0.109. The first kappa shape index (κ1) is 29.0. The minimum Gasteiger partial charge on any atom is -0.362 e. The molecule has 0 spiro atoms. The molecule has 0 aromatic heterocycles. The van der Waals surface area contributed by atoms with Gasteiger partial charge >= 0.3 is 0 Å². The molecule has 0 N–H and O–H groups in total. The molecule has 2 aromatic carbocycles. The molecule has 1 atom stereocenters. The summed E-state index contributed by atoms with van der Waals surface area (Å²) in [6.45, 7) is 11.7. The van der Waals surface area contributed by atoms with Crippen molar-refractivity contribution >= 4 is 23.7 Å². The molecule has 0 heterocycles. The van der Waals surface area contributed by atoms with E-state index in [1.54, 1.807) is 16.3 Å². The van der Waals surface area contributed by atoms with Crippen LogP contribution < -0.4 is 0 Å². The van der Waals surface area contributed by atoms with Gasteiger partial charge in [0.05, 0.1) is 0 Å². The number of nitrogens with zero attached hydrogens (tertiary/aromatic N) is 2. The number of benzene rings is 2. The van der Waals surface area contributed by atoms with Crippen LogP contribution in [0.4, 0.5) is 0 Å². The highest BCUT2D eigenvalue weighted by Crippen LogP contribution is 2.25. The van der Waals surface area contributed by atoms with Crippen LogP contribution in [0.5, 0.6) is 0 Å². The van der Waals surface area contributed by atoms with Gasteiger partial charge < -0.3 is 4.90 Å². The van der Waals surface area contributed by atoms with Crippen molar-refractivity contribution < 1.29 is 8.42 Å². The van der Waals surface area contributed by atoms with Gasteiger partial charge in [-0.3, -0.25) is 4.13 Å². The standard InChI is InChI=1S/C28H42B2N2O2S/c1-7-9-12-18-25(3)31(6)28(17-8-2)35(33,34)32(29(4)23-26-19-13-10-14-20-26)30(5)24-27-21-15-11-16-22-27/h8,10-11,13-17,19-22,25H,2,7,9,12,18,23-24H2,1,3-6H3/b28-17+. The predicted octanol–water partition coefficient (Wildman–Crippen LogP) is 6.35. The van der Waals surface area contributed by atoms with Crippen LogP contribution in [0.25, 0.3) is 0 Å². The van der Waals surface area contributed by atoms with Gasteiger partial charge in [0.15, 0.2) is 0 Å². The summed E-state index contributed by atoms with van der Waals surface area (Å²) in [6.07, 6.45) is 8.88. The maximum atomic E-state index is 14.3. The fourth-order valence-electron chi connectivity index (χ4n) is 4.69. The first-order valence-electron chi connectivity index (χ1n) is 12.9. The lowest BCUT2D eigenvalue weighted by Crippen LogP contribution is -2.54. The monoisotopic (exact) mass is 492 g/mol. The number of allylic oxidation sites excluding steroid dienone is 2.